The maximum atomic E-state index is 11.3. The number of anilines is 2. The Morgan fingerprint density at radius 2 is 1.90 bits per heavy atom. The Hall–Kier alpha value is -2.49. The van der Waals surface area contributed by atoms with Gasteiger partial charge in [-0.05, 0) is 24.6 Å². The van der Waals surface area contributed by atoms with Crippen molar-refractivity contribution >= 4 is 17.3 Å². The van der Waals surface area contributed by atoms with Gasteiger partial charge in [0.25, 0.3) is 5.91 Å². The molecule has 2 aromatic carbocycles. The van der Waals surface area contributed by atoms with E-state index in [-0.39, 0.29) is 0 Å². The number of para-hydroxylation sites is 1. The number of hydrogen-bond donors (Lipinski definition) is 2. The molecule has 4 nitrogen and oxygen atoms in total. The molecule has 0 unspecified atom stereocenters. The summed E-state index contributed by atoms with van der Waals surface area (Å²) in [7, 11) is 1.94. The van der Waals surface area contributed by atoms with Crippen molar-refractivity contribution in [2.45, 2.75) is 13.5 Å². The maximum Gasteiger partial charge on any atom is 0.250 e. The van der Waals surface area contributed by atoms with Gasteiger partial charge in [-0.2, -0.15) is 0 Å². The zero-order chi connectivity index (χ0) is 14.7. The smallest absolute Gasteiger partial charge is 0.250 e. The van der Waals surface area contributed by atoms with Gasteiger partial charge in [-0.25, -0.2) is 0 Å². The molecule has 0 spiro atoms. The number of nitrogens with two attached hydrogens (primary N) is 2. The topological polar surface area (TPSA) is 72.3 Å². The lowest BCUT2D eigenvalue weighted by molar-refractivity contribution is 0.100. The van der Waals surface area contributed by atoms with Crippen LogP contribution in [-0.4, -0.2) is 13.0 Å². The molecule has 0 fully saturated rings. The molecule has 0 aromatic heterocycles. The van der Waals surface area contributed by atoms with Crippen molar-refractivity contribution in [2.24, 2.45) is 5.73 Å². The molecule has 104 valence electrons. The molecule has 0 saturated heterocycles. The summed E-state index contributed by atoms with van der Waals surface area (Å²) >= 11 is 0. The van der Waals surface area contributed by atoms with Crippen LogP contribution in [0.25, 0.3) is 0 Å². The summed E-state index contributed by atoms with van der Waals surface area (Å²) in [5, 5.41) is 0. The second-order valence-corrected chi connectivity index (χ2v) is 4.95. The molecule has 0 aliphatic rings. The molecule has 0 radical (unpaired) electrons. The number of amides is 1. The molecular formula is C16H19N3O. The van der Waals surface area contributed by atoms with E-state index in [0.717, 1.165) is 5.69 Å². The summed E-state index contributed by atoms with van der Waals surface area (Å²) < 4.78 is 0. The van der Waals surface area contributed by atoms with Crippen molar-refractivity contribution in [2.75, 3.05) is 17.7 Å². The van der Waals surface area contributed by atoms with E-state index in [1.807, 2.05) is 24.1 Å². The number of nitrogen functional groups attached to an aromatic ring is 1. The fourth-order valence-electron chi connectivity index (χ4n) is 2.27. The van der Waals surface area contributed by atoms with E-state index in [1.54, 1.807) is 12.1 Å². The van der Waals surface area contributed by atoms with E-state index in [2.05, 4.69) is 25.1 Å². The molecule has 20 heavy (non-hydrogen) atoms. The summed E-state index contributed by atoms with van der Waals surface area (Å²) in [5.41, 5.74) is 15.3. The minimum absolute atomic E-state index is 0.360. The minimum atomic E-state index is -0.506. The van der Waals surface area contributed by atoms with Gasteiger partial charge in [0.1, 0.15) is 0 Å². The quantitative estimate of drug-likeness (QED) is 0.837. The number of nitrogens with zero attached hydrogens (tertiary/aromatic N) is 1. The molecule has 0 bridgehead atoms. The number of carbonyl (C=O) groups excluding carboxylic acids is 1. The van der Waals surface area contributed by atoms with E-state index in [9.17, 15) is 4.79 Å². The van der Waals surface area contributed by atoms with Crippen LogP contribution < -0.4 is 16.4 Å². The summed E-state index contributed by atoms with van der Waals surface area (Å²) in [4.78, 5) is 13.3. The van der Waals surface area contributed by atoms with Gasteiger partial charge in [-0.1, -0.05) is 35.9 Å². The van der Waals surface area contributed by atoms with Gasteiger partial charge in [0.15, 0.2) is 0 Å². The first kappa shape index (κ1) is 13.9. The van der Waals surface area contributed by atoms with Gasteiger partial charge in [-0.15, -0.1) is 0 Å². The average molecular weight is 269 g/mol. The number of rotatable bonds is 4. The third-order valence-electron chi connectivity index (χ3n) is 3.26. The van der Waals surface area contributed by atoms with Crippen molar-refractivity contribution in [1.82, 2.24) is 0 Å². The molecule has 2 rings (SSSR count). The fraction of sp³-hybridized carbons (Fsp3) is 0.188. The van der Waals surface area contributed by atoms with Crippen molar-refractivity contribution in [3.05, 3.63) is 59.2 Å². The summed E-state index contributed by atoms with van der Waals surface area (Å²) in [6.07, 6.45) is 0. The number of aryl methyl sites for hydroxylation is 1. The predicted molar refractivity (Wildman–Crippen MR) is 82.7 cm³/mol. The lowest BCUT2D eigenvalue weighted by atomic mass is 10.1. The highest BCUT2D eigenvalue weighted by Crippen LogP contribution is 2.26. The van der Waals surface area contributed by atoms with Gasteiger partial charge in [-0.3, -0.25) is 4.79 Å². The Morgan fingerprint density at radius 3 is 2.55 bits per heavy atom. The molecule has 1 amide bonds. The second-order valence-electron chi connectivity index (χ2n) is 4.95. The molecule has 0 aliphatic heterocycles. The lowest BCUT2D eigenvalue weighted by Gasteiger charge is -2.22. The Labute approximate surface area is 119 Å². The minimum Gasteiger partial charge on any atom is -0.396 e. The van der Waals surface area contributed by atoms with Crippen LogP contribution in [0.1, 0.15) is 21.5 Å². The van der Waals surface area contributed by atoms with Crippen LogP contribution in [0.4, 0.5) is 11.4 Å². The van der Waals surface area contributed by atoms with Crippen LogP contribution in [0, 0.1) is 6.92 Å². The zero-order valence-corrected chi connectivity index (χ0v) is 11.8. The van der Waals surface area contributed by atoms with Gasteiger partial charge >= 0.3 is 0 Å². The zero-order valence-electron chi connectivity index (χ0n) is 11.8. The van der Waals surface area contributed by atoms with E-state index >= 15 is 0 Å². The third kappa shape index (κ3) is 2.91. The first-order chi connectivity index (χ1) is 9.49. The molecule has 0 atom stereocenters. The van der Waals surface area contributed by atoms with Crippen LogP contribution in [0.5, 0.6) is 0 Å². The third-order valence-corrected chi connectivity index (χ3v) is 3.26. The Balaban J connectivity index is 2.28. The molecular weight excluding hydrogens is 250 g/mol. The van der Waals surface area contributed by atoms with Crippen molar-refractivity contribution in [3.63, 3.8) is 0 Å². The number of carbonyl (C=O) groups is 1. The Bertz CT molecular complexity index is 637. The average Bonchev–Trinajstić information content (AvgIpc) is 2.38. The molecule has 0 saturated carbocycles. The fourth-order valence-corrected chi connectivity index (χ4v) is 2.27. The molecule has 0 aliphatic carbocycles. The predicted octanol–water partition coefficient (Wildman–Crippen LogP) is 2.31. The van der Waals surface area contributed by atoms with Crippen LogP contribution in [0.2, 0.25) is 0 Å². The Morgan fingerprint density at radius 1 is 1.20 bits per heavy atom. The first-order valence-corrected chi connectivity index (χ1v) is 6.44. The molecule has 4 N–H and O–H groups in total. The van der Waals surface area contributed by atoms with Crippen LogP contribution in [0.15, 0.2) is 42.5 Å². The second kappa shape index (κ2) is 5.65. The summed E-state index contributed by atoms with van der Waals surface area (Å²) in [5.74, 6) is -0.506. The largest absolute Gasteiger partial charge is 0.396 e. The van der Waals surface area contributed by atoms with Gasteiger partial charge < -0.3 is 16.4 Å². The maximum absolute atomic E-state index is 11.3. The highest BCUT2D eigenvalue weighted by Gasteiger charge is 2.12. The number of benzene rings is 2. The standard InChI is InChI=1S/C16H19N3O/c1-11-5-3-6-12(9-11)10-19(2)14-8-4-7-13(15(14)17)16(18)20/h3-9H,10,17H2,1-2H3,(H2,18,20). The first-order valence-electron chi connectivity index (χ1n) is 6.44. The van der Waals surface area contributed by atoms with Gasteiger partial charge in [0, 0.05) is 13.6 Å². The highest BCUT2D eigenvalue weighted by atomic mass is 16.1. The molecule has 0 heterocycles. The van der Waals surface area contributed by atoms with Gasteiger partial charge in [0.05, 0.1) is 16.9 Å². The highest BCUT2D eigenvalue weighted by molar-refractivity contribution is 6.00. The normalized spacial score (nSPS) is 10.3. The van der Waals surface area contributed by atoms with Crippen molar-refractivity contribution in [1.29, 1.82) is 0 Å². The van der Waals surface area contributed by atoms with Crippen LogP contribution in [-0.2, 0) is 6.54 Å². The lowest BCUT2D eigenvalue weighted by Crippen LogP contribution is -2.20. The summed E-state index contributed by atoms with van der Waals surface area (Å²) in [6.45, 7) is 2.78. The van der Waals surface area contributed by atoms with E-state index in [0.29, 0.717) is 17.8 Å². The number of hydrogen-bond acceptors (Lipinski definition) is 3. The van der Waals surface area contributed by atoms with Crippen LogP contribution in [0.3, 0.4) is 0 Å². The van der Waals surface area contributed by atoms with Gasteiger partial charge in [0.2, 0.25) is 0 Å². The van der Waals surface area contributed by atoms with Crippen molar-refractivity contribution in [3.8, 4) is 0 Å². The summed E-state index contributed by atoms with van der Waals surface area (Å²) in [6, 6.07) is 13.6. The monoisotopic (exact) mass is 269 g/mol. The van der Waals surface area contributed by atoms with E-state index in [4.69, 9.17) is 11.5 Å². The van der Waals surface area contributed by atoms with E-state index < -0.39 is 5.91 Å². The molecule has 2 aromatic rings. The van der Waals surface area contributed by atoms with Crippen LogP contribution >= 0.6 is 0 Å². The number of primary amides is 1. The molecule has 4 heteroatoms. The van der Waals surface area contributed by atoms with E-state index in [1.165, 1.54) is 11.1 Å². The SMILES string of the molecule is Cc1cccc(CN(C)c2cccc(C(N)=O)c2N)c1. The Kier molecular flexibility index (Phi) is 3.94. The van der Waals surface area contributed by atoms with Crippen molar-refractivity contribution < 1.29 is 4.79 Å².